The number of hydrogen-bond acceptors (Lipinski definition) is 4. The van der Waals surface area contributed by atoms with Crippen LogP contribution < -0.4 is 9.54 Å². The fourth-order valence-electron chi connectivity index (χ4n) is 2.45. The predicted octanol–water partition coefficient (Wildman–Crippen LogP) is 3.58. The van der Waals surface area contributed by atoms with E-state index in [1.54, 1.807) is 30.3 Å². The fraction of sp³-hybridized carbons (Fsp3) is 0.167. The van der Waals surface area contributed by atoms with Crippen molar-refractivity contribution in [2.45, 2.75) is 13.5 Å². The summed E-state index contributed by atoms with van der Waals surface area (Å²) >= 11 is 7.16. The molecule has 2 aromatic carbocycles. The zero-order chi connectivity index (χ0) is 18.7. The summed E-state index contributed by atoms with van der Waals surface area (Å²) in [6.45, 7) is 2.06. The van der Waals surface area contributed by atoms with Crippen molar-refractivity contribution in [1.29, 1.82) is 0 Å². The minimum atomic E-state index is -1.02. The van der Waals surface area contributed by atoms with E-state index in [0.29, 0.717) is 33.3 Å². The molecule has 0 aliphatic carbocycles. The third kappa shape index (κ3) is 3.95. The number of halogens is 1. The topological polar surface area (TPSA) is 80.9 Å². The first-order valence-electron chi connectivity index (χ1n) is 7.80. The number of aliphatic carboxylic acids is 1. The number of benzene rings is 2. The summed E-state index contributed by atoms with van der Waals surface area (Å²) in [7, 11) is 0. The number of thiazole rings is 1. The number of carboxylic acids is 1. The van der Waals surface area contributed by atoms with Crippen molar-refractivity contribution in [1.82, 2.24) is 4.57 Å². The van der Waals surface area contributed by atoms with Gasteiger partial charge in [0.25, 0.3) is 5.91 Å². The quantitative estimate of drug-likeness (QED) is 0.722. The monoisotopic (exact) mass is 390 g/mol. The van der Waals surface area contributed by atoms with E-state index in [9.17, 15) is 14.7 Å². The van der Waals surface area contributed by atoms with E-state index in [0.717, 1.165) is 4.70 Å². The lowest BCUT2D eigenvalue weighted by Crippen LogP contribution is -2.21. The molecule has 3 rings (SSSR count). The number of hydrogen-bond donors (Lipinski definition) is 1. The van der Waals surface area contributed by atoms with Crippen LogP contribution in [-0.2, 0) is 11.3 Å². The normalized spacial score (nSPS) is 11.7. The largest absolute Gasteiger partial charge is 0.494 e. The van der Waals surface area contributed by atoms with Gasteiger partial charge in [0.1, 0.15) is 12.3 Å². The number of amides is 1. The summed E-state index contributed by atoms with van der Waals surface area (Å²) in [4.78, 5) is 28.2. The summed E-state index contributed by atoms with van der Waals surface area (Å²) in [5.74, 6) is -0.879. The molecule has 1 amide bonds. The van der Waals surface area contributed by atoms with Crippen LogP contribution in [0.15, 0.2) is 47.5 Å². The molecule has 0 saturated carbocycles. The van der Waals surface area contributed by atoms with E-state index in [4.69, 9.17) is 16.3 Å². The van der Waals surface area contributed by atoms with E-state index in [1.807, 2.05) is 13.0 Å². The Bertz CT molecular complexity index is 1050. The molecule has 0 atom stereocenters. The lowest BCUT2D eigenvalue weighted by Gasteiger charge is -2.05. The molecule has 0 radical (unpaired) electrons. The van der Waals surface area contributed by atoms with Crippen molar-refractivity contribution in [3.63, 3.8) is 0 Å². The van der Waals surface area contributed by atoms with Crippen LogP contribution >= 0.6 is 22.9 Å². The number of rotatable bonds is 5. The molecule has 1 heterocycles. The molecule has 1 aromatic heterocycles. The van der Waals surface area contributed by atoms with Gasteiger partial charge in [-0.15, -0.1) is 0 Å². The Labute approximate surface area is 157 Å². The van der Waals surface area contributed by atoms with Gasteiger partial charge >= 0.3 is 5.97 Å². The summed E-state index contributed by atoms with van der Waals surface area (Å²) in [6, 6.07) is 11.8. The van der Waals surface area contributed by atoms with E-state index in [-0.39, 0.29) is 6.54 Å². The smallest absolute Gasteiger partial charge is 0.323 e. The maximum Gasteiger partial charge on any atom is 0.323 e. The highest BCUT2D eigenvalue weighted by Gasteiger charge is 2.13. The predicted molar refractivity (Wildman–Crippen MR) is 100.0 cm³/mol. The van der Waals surface area contributed by atoms with Gasteiger partial charge in [-0.2, -0.15) is 4.99 Å². The van der Waals surface area contributed by atoms with Crippen LogP contribution in [0, 0.1) is 0 Å². The first-order chi connectivity index (χ1) is 12.5. The number of carbonyl (C=O) groups is 2. The zero-order valence-corrected chi connectivity index (χ0v) is 15.4. The van der Waals surface area contributed by atoms with Gasteiger partial charge in [-0.25, -0.2) is 0 Å². The van der Waals surface area contributed by atoms with Gasteiger partial charge in [-0.05, 0) is 37.3 Å². The molecule has 0 saturated heterocycles. The van der Waals surface area contributed by atoms with Crippen molar-refractivity contribution >= 4 is 45.0 Å². The second kappa shape index (κ2) is 7.72. The zero-order valence-electron chi connectivity index (χ0n) is 13.8. The maximum atomic E-state index is 12.4. The van der Waals surface area contributed by atoms with Crippen molar-refractivity contribution in [2.75, 3.05) is 6.61 Å². The Morgan fingerprint density at radius 3 is 2.77 bits per heavy atom. The maximum absolute atomic E-state index is 12.4. The van der Waals surface area contributed by atoms with Crippen LogP contribution in [0.3, 0.4) is 0 Å². The average Bonchev–Trinajstić information content (AvgIpc) is 2.91. The molecular formula is C18H15ClN2O4S. The van der Waals surface area contributed by atoms with Crippen LogP contribution in [0.4, 0.5) is 0 Å². The summed E-state index contributed by atoms with van der Waals surface area (Å²) < 4.78 is 7.78. The standard InChI is InChI=1S/C18H15ClN2O4S/c1-2-25-13-6-7-15-14(9-13)21(10-16(22)23)18(26-15)20-17(24)11-4-3-5-12(19)8-11/h3-9H,2,10H2,1H3,(H,22,23). The van der Waals surface area contributed by atoms with Crippen LogP contribution in [0.5, 0.6) is 5.75 Å². The molecule has 0 aliphatic rings. The lowest BCUT2D eigenvalue weighted by molar-refractivity contribution is -0.137. The van der Waals surface area contributed by atoms with E-state index in [1.165, 1.54) is 22.0 Å². The van der Waals surface area contributed by atoms with Gasteiger partial charge in [0.15, 0.2) is 4.80 Å². The molecule has 0 aliphatic heterocycles. The Morgan fingerprint density at radius 1 is 1.27 bits per heavy atom. The third-order valence-electron chi connectivity index (χ3n) is 3.53. The number of fused-ring (bicyclic) bond motifs is 1. The van der Waals surface area contributed by atoms with Gasteiger partial charge in [-0.3, -0.25) is 9.59 Å². The minimum absolute atomic E-state index is 0.307. The first-order valence-corrected chi connectivity index (χ1v) is 9.00. The SMILES string of the molecule is CCOc1ccc2sc(=NC(=O)c3cccc(Cl)c3)n(CC(=O)O)c2c1. The molecular weight excluding hydrogens is 376 g/mol. The van der Waals surface area contributed by atoms with Crippen molar-refractivity contribution in [3.05, 3.63) is 57.9 Å². The molecule has 0 unspecified atom stereocenters. The molecule has 8 heteroatoms. The average molecular weight is 391 g/mol. The van der Waals surface area contributed by atoms with Crippen molar-refractivity contribution < 1.29 is 19.4 Å². The van der Waals surface area contributed by atoms with Gasteiger partial charge in [-0.1, -0.05) is 29.0 Å². The third-order valence-corrected chi connectivity index (χ3v) is 4.82. The second-order valence-corrected chi connectivity index (χ2v) is 6.80. The lowest BCUT2D eigenvalue weighted by atomic mass is 10.2. The van der Waals surface area contributed by atoms with E-state index >= 15 is 0 Å². The highest BCUT2D eigenvalue weighted by molar-refractivity contribution is 7.16. The first kappa shape index (κ1) is 18.2. The Balaban J connectivity index is 2.14. The fourth-order valence-corrected chi connectivity index (χ4v) is 3.65. The van der Waals surface area contributed by atoms with Gasteiger partial charge in [0.2, 0.25) is 0 Å². The summed E-state index contributed by atoms with van der Waals surface area (Å²) in [5, 5.41) is 9.67. The Morgan fingerprint density at radius 2 is 2.08 bits per heavy atom. The van der Waals surface area contributed by atoms with Gasteiger partial charge in [0, 0.05) is 16.7 Å². The van der Waals surface area contributed by atoms with Crippen LogP contribution in [0.25, 0.3) is 10.2 Å². The highest BCUT2D eigenvalue weighted by atomic mass is 35.5. The summed E-state index contributed by atoms with van der Waals surface area (Å²) in [6.07, 6.45) is 0. The van der Waals surface area contributed by atoms with Gasteiger partial charge in [0.05, 0.1) is 16.8 Å². The summed E-state index contributed by atoms with van der Waals surface area (Å²) in [5.41, 5.74) is 0.993. The molecule has 6 nitrogen and oxygen atoms in total. The van der Waals surface area contributed by atoms with Crippen LogP contribution in [0.1, 0.15) is 17.3 Å². The number of carboxylic acid groups (broad SMARTS) is 1. The number of ether oxygens (including phenoxy) is 1. The molecule has 134 valence electrons. The highest BCUT2D eigenvalue weighted by Crippen LogP contribution is 2.23. The van der Waals surface area contributed by atoms with Crippen LogP contribution in [0.2, 0.25) is 5.02 Å². The molecule has 0 spiro atoms. The number of carbonyl (C=O) groups excluding carboxylic acids is 1. The number of aromatic nitrogens is 1. The van der Waals surface area contributed by atoms with Crippen molar-refractivity contribution in [3.8, 4) is 5.75 Å². The second-order valence-electron chi connectivity index (χ2n) is 5.35. The Hall–Kier alpha value is -2.64. The molecule has 1 N–H and O–H groups in total. The van der Waals surface area contributed by atoms with Gasteiger partial charge < -0.3 is 14.4 Å². The molecule has 3 aromatic rings. The molecule has 26 heavy (non-hydrogen) atoms. The van der Waals surface area contributed by atoms with Crippen molar-refractivity contribution in [2.24, 2.45) is 4.99 Å². The van der Waals surface area contributed by atoms with Crippen LogP contribution in [-0.4, -0.2) is 28.2 Å². The Kier molecular flexibility index (Phi) is 5.39. The van der Waals surface area contributed by atoms with E-state index < -0.39 is 11.9 Å². The number of nitrogens with zero attached hydrogens (tertiary/aromatic N) is 2. The molecule has 0 bridgehead atoms. The molecule has 0 fully saturated rings. The minimum Gasteiger partial charge on any atom is -0.494 e. The van der Waals surface area contributed by atoms with E-state index in [2.05, 4.69) is 4.99 Å².